The van der Waals surface area contributed by atoms with E-state index in [2.05, 4.69) is 12.0 Å². The molecule has 0 spiro atoms. The number of rotatable bonds is 9. The maximum absolute atomic E-state index is 12.2. The van der Waals surface area contributed by atoms with Gasteiger partial charge in [0.2, 0.25) is 0 Å². The normalized spacial score (nSPS) is 10.6. The topological polar surface area (TPSA) is 70.1 Å². The fourth-order valence-electron chi connectivity index (χ4n) is 1.91. The van der Waals surface area contributed by atoms with Crippen LogP contribution in [0.4, 0.5) is 0 Å². The highest BCUT2D eigenvalue weighted by Crippen LogP contribution is 2.20. The Hall–Kier alpha value is -1.36. The van der Waals surface area contributed by atoms with E-state index in [4.69, 9.17) is 10.5 Å². The molecule has 18 heavy (non-hydrogen) atoms. The van der Waals surface area contributed by atoms with E-state index in [9.17, 15) is 4.79 Å². The van der Waals surface area contributed by atoms with E-state index in [0.29, 0.717) is 24.4 Å². The first-order chi connectivity index (χ1) is 8.74. The van der Waals surface area contributed by atoms with E-state index in [0.717, 1.165) is 32.2 Å². The molecule has 0 fully saturated rings. The summed E-state index contributed by atoms with van der Waals surface area (Å²) in [4.78, 5) is 12.2. The summed E-state index contributed by atoms with van der Waals surface area (Å²) in [6, 6.07) is 0. The van der Waals surface area contributed by atoms with Crippen LogP contribution in [0.5, 0.6) is 5.75 Å². The summed E-state index contributed by atoms with van der Waals surface area (Å²) in [5, 5.41) is 4.19. The molecule has 0 amide bonds. The average Bonchev–Trinajstić information content (AvgIpc) is 2.78. The van der Waals surface area contributed by atoms with Gasteiger partial charge in [-0.15, -0.1) is 0 Å². The van der Waals surface area contributed by atoms with Crippen molar-refractivity contribution in [1.29, 1.82) is 0 Å². The van der Waals surface area contributed by atoms with Crippen LogP contribution in [0.2, 0.25) is 0 Å². The minimum Gasteiger partial charge on any atom is -0.493 e. The molecule has 1 aromatic heterocycles. The highest BCUT2D eigenvalue weighted by Gasteiger charge is 2.18. The van der Waals surface area contributed by atoms with Crippen molar-refractivity contribution in [3.63, 3.8) is 0 Å². The first-order valence-corrected chi connectivity index (χ1v) is 6.57. The van der Waals surface area contributed by atoms with Gasteiger partial charge in [0.15, 0.2) is 11.5 Å². The summed E-state index contributed by atoms with van der Waals surface area (Å²) in [5.74, 6) is 0.682. The van der Waals surface area contributed by atoms with Crippen LogP contribution in [0.25, 0.3) is 0 Å². The molecule has 0 radical (unpaired) electrons. The van der Waals surface area contributed by atoms with Crippen LogP contribution in [0, 0.1) is 0 Å². The number of methoxy groups -OCH3 is 1. The quantitative estimate of drug-likeness (QED) is 0.540. The SMILES string of the molecule is CCCn1ncc(OC)c1C(=O)CCCCCN. The van der Waals surface area contributed by atoms with Crippen LogP contribution in [-0.2, 0) is 6.54 Å². The number of unbranched alkanes of at least 4 members (excludes halogenated alkanes) is 2. The molecule has 0 saturated heterocycles. The number of hydrogen-bond acceptors (Lipinski definition) is 4. The minimum atomic E-state index is 0.106. The smallest absolute Gasteiger partial charge is 0.184 e. The van der Waals surface area contributed by atoms with Gasteiger partial charge in [-0.2, -0.15) is 5.10 Å². The second-order valence-corrected chi connectivity index (χ2v) is 4.31. The van der Waals surface area contributed by atoms with Crippen LogP contribution in [0.3, 0.4) is 0 Å². The first kappa shape index (κ1) is 14.7. The molecular weight excluding hydrogens is 230 g/mol. The second-order valence-electron chi connectivity index (χ2n) is 4.31. The molecule has 2 N–H and O–H groups in total. The molecule has 1 aromatic rings. The number of Topliss-reactive ketones (excluding diaryl/α,β-unsaturated/α-hetero) is 1. The third-order valence-electron chi connectivity index (χ3n) is 2.83. The Morgan fingerprint density at radius 2 is 2.22 bits per heavy atom. The Labute approximate surface area is 108 Å². The fourth-order valence-corrected chi connectivity index (χ4v) is 1.91. The van der Waals surface area contributed by atoms with Crippen molar-refractivity contribution < 1.29 is 9.53 Å². The molecule has 0 bridgehead atoms. The predicted molar refractivity (Wildman–Crippen MR) is 70.9 cm³/mol. The Balaban J connectivity index is 2.67. The summed E-state index contributed by atoms with van der Waals surface area (Å²) < 4.78 is 6.94. The van der Waals surface area contributed by atoms with Gasteiger partial charge in [-0.3, -0.25) is 9.48 Å². The fraction of sp³-hybridized carbons (Fsp3) is 0.692. The number of hydrogen-bond donors (Lipinski definition) is 1. The van der Waals surface area contributed by atoms with Crippen molar-refractivity contribution in [2.75, 3.05) is 13.7 Å². The molecule has 1 rings (SSSR count). The lowest BCUT2D eigenvalue weighted by Crippen LogP contribution is -2.11. The monoisotopic (exact) mass is 253 g/mol. The summed E-state index contributed by atoms with van der Waals surface area (Å²) in [6.07, 6.45) is 5.93. The molecule has 0 aliphatic rings. The lowest BCUT2D eigenvalue weighted by Gasteiger charge is -2.07. The largest absolute Gasteiger partial charge is 0.493 e. The molecule has 0 unspecified atom stereocenters. The van der Waals surface area contributed by atoms with Gasteiger partial charge in [-0.25, -0.2) is 0 Å². The van der Waals surface area contributed by atoms with Crippen LogP contribution >= 0.6 is 0 Å². The van der Waals surface area contributed by atoms with Gasteiger partial charge in [0.1, 0.15) is 5.69 Å². The molecule has 1 heterocycles. The molecule has 0 atom stereocenters. The van der Waals surface area contributed by atoms with Crippen LogP contribution < -0.4 is 10.5 Å². The Morgan fingerprint density at radius 3 is 2.83 bits per heavy atom. The average molecular weight is 253 g/mol. The highest BCUT2D eigenvalue weighted by atomic mass is 16.5. The number of ketones is 1. The van der Waals surface area contributed by atoms with Crippen molar-refractivity contribution in [2.45, 2.75) is 45.6 Å². The summed E-state index contributed by atoms with van der Waals surface area (Å²) in [7, 11) is 1.57. The summed E-state index contributed by atoms with van der Waals surface area (Å²) in [5.41, 5.74) is 6.03. The molecule has 0 saturated carbocycles. The van der Waals surface area contributed by atoms with Gasteiger partial charge in [-0.1, -0.05) is 13.3 Å². The van der Waals surface area contributed by atoms with Crippen molar-refractivity contribution >= 4 is 5.78 Å². The van der Waals surface area contributed by atoms with Crippen molar-refractivity contribution in [3.05, 3.63) is 11.9 Å². The zero-order valence-corrected chi connectivity index (χ0v) is 11.3. The lowest BCUT2D eigenvalue weighted by molar-refractivity contribution is 0.0965. The highest BCUT2D eigenvalue weighted by molar-refractivity contribution is 5.96. The van der Waals surface area contributed by atoms with Gasteiger partial charge in [0.05, 0.1) is 13.3 Å². The Morgan fingerprint density at radius 1 is 1.44 bits per heavy atom. The second kappa shape index (κ2) is 7.87. The summed E-state index contributed by atoms with van der Waals surface area (Å²) in [6.45, 7) is 3.49. The van der Waals surface area contributed by atoms with Gasteiger partial charge in [0, 0.05) is 13.0 Å². The lowest BCUT2D eigenvalue weighted by atomic mass is 10.1. The van der Waals surface area contributed by atoms with E-state index in [1.165, 1.54) is 0 Å². The molecule has 102 valence electrons. The minimum absolute atomic E-state index is 0.106. The number of aryl methyl sites for hydroxylation is 1. The van der Waals surface area contributed by atoms with Gasteiger partial charge in [-0.05, 0) is 25.8 Å². The molecule has 0 aromatic carbocycles. The van der Waals surface area contributed by atoms with Crippen LogP contribution in [-0.4, -0.2) is 29.2 Å². The van der Waals surface area contributed by atoms with Crippen molar-refractivity contribution in [1.82, 2.24) is 9.78 Å². The van der Waals surface area contributed by atoms with E-state index < -0.39 is 0 Å². The van der Waals surface area contributed by atoms with Crippen LogP contribution in [0.15, 0.2) is 6.20 Å². The number of aromatic nitrogens is 2. The Bertz CT molecular complexity index is 374. The van der Waals surface area contributed by atoms with E-state index in [1.54, 1.807) is 18.0 Å². The van der Waals surface area contributed by atoms with Gasteiger partial charge in [0.25, 0.3) is 0 Å². The zero-order chi connectivity index (χ0) is 13.4. The molecule has 5 heteroatoms. The van der Waals surface area contributed by atoms with E-state index in [1.807, 2.05) is 0 Å². The molecule has 5 nitrogen and oxygen atoms in total. The number of ether oxygens (including phenoxy) is 1. The van der Waals surface area contributed by atoms with Crippen LogP contribution in [0.1, 0.15) is 49.5 Å². The molecule has 0 aliphatic carbocycles. The van der Waals surface area contributed by atoms with Gasteiger partial charge < -0.3 is 10.5 Å². The Kier molecular flexibility index (Phi) is 6.43. The van der Waals surface area contributed by atoms with Crippen molar-refractivity contribution in [3.8, 4) is 5.75 Å². The molecule has 0 aliphatic heterocycles. The number of nitrogens with two attached hydrogens (primary N) is 1. The maximum atomic E-state index is 12.2. The van der Waals surface area contributed by atoms with Crippen molar-refractivity contribution in [2.24, 2.45) is 5.73 Å². The predicted octanol–water partition coefficient (Wildman–Crippen LogP) is 2.00. The zero-order valence-electron chi connectivity index (χ0n) is 11.3. The summed E-state index contributed by atoms with van der Waals surface area (Å²) >= 11 is 0. The first-order valence-electron chi connectivity index (χ1n) is 6.57. The third kappa shape index (κ3) is 3.84. The standard InChI is InChI=1S/C13H23N3O2/c1-3-9-16-13(12(18-2)10-15-16)11(17)7-5-4-6-8-14/h10H,3-9,14H2,1-2H3. The molecular formula is C13H23N3O2. The number of nitrogens with zero attached hydrogens (tertiary/aromatic N) is 2. The van der Waals surface area contributed by atoms with Gasteiger partial charge >= 0.3 is 0 Å². The third-order valence-corrected chi connectivity index (χ3v) is 2.83. The van der Waals surface area contributed by atoms with E-state index >= 15 is 0 Å². The number of carbonyl (C=O) groups excluding carboxylic acids is 1. The number of carbonyl (C=O) groups is 1. The van der Waals surface area contributed by atoms with E-state index in [-0.39, 0.29) is 5.78 Å². The maximum Gasteiger partial charge on any atom is 0.184 e.